The van der Waals surface area contributed by atoms with Crippen molar-refractivity contribution in [2.24, 2.45) is 0 Å². The normalized spacial score (nSPS) is 11.1. The summed E-state index contributed by atoms with van der Waals surface area (Å²) in [6.45, 7) is 0.649. The molecule has 3 heterocycles. The lowest BCUT2D eigenvalue weighted by Crippen LogP contribution is -2.04. The predicted molar refractivity (Wildman–Crippen MR) is 135 cm³/mol. The van der Waals surface area contributed by atoms with Gasteiger partial charge in [0.2, 0.25) is 5.82 Å². The van der Waals surface area contributed by atoms with Crippen molar-refractivity contribution in [2.75, 3.05) is 7.11 Å². The van der Waals surface area contributed by atoms with E-state index in [0.717, 1.165) is 27.2 Å². The minimum Gasteiger partial charge on any atom is -0.497 e. The van der Waals surface area contributed by atoms with Crippen LogP contribution in [0.3, 0.4) is 0 Å². The third-order valence-electron chi connectivity index (χ3n) is 4.91. The first-order valence-electron chi connectivity index (χ1n) is 10.1. The van der Waals surface area contributed by atoms with Gasteiger partial charge in [-0.3, -0.25) is 4.57 Å². The maximum Gasteiger partial charge on any atom is 0.200 e. The van der Waals surface area contributed by atoms with E-state index in [9.17, 15) is 0 Å². The lowest BCUT2D eigenvalue weighted by molar-refractivity contribution is 0.415. The molecule has 6 nitrogen and oxygen atoms in total. The van der Waals surface area contributed by atoms with Crippen molar-refractivity contribution >= 4 is 39.0 Å². The molecule has 0 saturated carbocycles. The van der Waals surface area contributed by atoms with E-state index in [1.165, 1.54) is 5.56 Å². The van der Waals surface area contributed by atoms with Crippen LogP contribution >= 0.6 is 39.0 Å². The molecule has 0 radical (unpaired) electrons. The van der Waals surface area contributed by atoms with Gasteiger partial charge in [0.15, 0.2) is 15.6 Å². The van der Waals surface area contributed by atoms with Crippen molar-refractivity contribution < 1.29 is 9.15 Å². The van der Waals surface area contributed by atoms with Crippen LogP contribution in [-0.4, -0.2) is 26.9 Å². The van der Waals surface area contributed by atoms with Crippen molar-refractivity contribution in [3.8, 4) is 27.9 Å². The van der Waals surface area contributed by atoms with Crippen molar-refractivity contribution in [3.05, 3.63) is 88.0 Å². The molecule has 0 aliphatic rings. The quantitative estimate of drug-likeness (QED) is 0.203. The van der Waals surface area contributed by atoms with Gasteiger partial charge in [-0.15, -0.1) is 21.5 Å². The largest absolute Gasteiger partial charge is 0.497 e. The minimum absolute atomic E-state index is 0.649. The summed E-state index contributed by atoms with van der Waals surface area (Å²) < 4.78 is 13.8. The first-order chi connectivity index (χ1) is 16.2. The molecule has 166 valence electrons. The minimum atomic E-state index is 0.649. The van der Waals surface area contributed by atoms with Gasteiger partial charge in [-0.05, 0) is 45.8 Å². The Balaban J connectivity index is 1.38. The molecule has 0 unspecified atom stereocenters. The van der Waals surface area contributed by atoms with E-state index in [2.05, 4.69) is 48.2 Å². The second-order valence-electron chi connectivity index (χ2n) is 7.15. The molecule has 0 bridgehead atoms. The van der Waals surface area contributed by atoms with Crippen LogP contribution in [0.25, 0.3) is 22.2 Å². The molecule has 0 saturated heterocycles. The number of furan rings is 1. The zero-order chi connectivity index (χ0) is 22.6. The molecule has 3 aromatic heterocycles. The number of ether oxygens (including phenoxy) is 1. The highest BCUT2D eigenvalue weighted by molar-refractivity contribution is 9.10. The van der Waals surface area contributed by atoms with Crippen molar-refractivity contribution in [3.63, 3.8) is 0 Å². The Kier molecular flexibility index (Phi) is 6.61. The van der Waals surface area contributed by atoms with Crippen molar-refractivity contribution in [2.45, 2.75) is 17.5 Å². The topological polar surface area (TPSA) is 66.0 Å². The number of thioether (sulfide) groups is 1. The molecule has 0 N–H and O–H groups in total. The van der Waals surface area contributed by atoms with Crippen molar-refractivity contribution in [1.29, 1.82) is 0 Å². The Morgan fingerprint density at radius 3 is 2.73 bits per heavy atom. The summed E-state index contributed by atoms with van der Waals surface area (Å²) in [6.07, 6.45) is 0. The van der Waals surface area contributed by atoms with E-state index in [-0.39, 0.29) is 0 Å². The van der Waals surface area contributed by atoms with E-state index in [4.69, 9.17) is 14.1 Å². The monoisotopic (exact) mass is 538 g/mol. The summed E-state index contributed by atoms with van der Waals surface area (Å²) in [7, 11) is 1.67. The number of thiazole rings is 1. The van der Waals surface area contributed by atoms with E-state index in [1.54, 1.807) is 30.2 Å². The van der Waals surface area contributed by atoms with Crippen LogP contribution in [0.2, 0.25) is 0 Å². The number of benzene rings is 2. The molecule has 5 aromatic rings. The standard InChI is InChI=1S/C24H19BrN4O2S2/c1-30-19-9-5-8-17(12-19)23-26-18(14-32-23)15-33-24-28-27-22(20-10-11-21(25)31-20)29(24)13-16-6-3-2-4-7-16/h2-12,14H,13,15H2,1H3. The summed E-state index contributed by atoms with van der Waals surface area (Å²) in [5, 5.41) is 12.8. The average molecular weight is 539 g/mol. The summed E-state index contributed by atoms with van der Waals surface area (Å²) in [5.74, 6) is 2.88. The van der Waals surface area contributed by atoms with Crippen LogP contribution in [0.4, 0.5) is 0 Å². The lowest BCUT2D eigenvalue weighted by Gasteiger charge is -2.09. The van der Waals surface area contributed by atoms with Crippen LogP contribution < -0.4 is 4.74 Å². The summed E-state index contributed by atoms with van der Waals surface area (Å²) in [5.41, 5.74) is 3.22. The zero-order valence-corrected chi connectivity index (χ0v) is 20.9. The van der Waals surface area contributed by atoms with Gasteiger partial charge in [-0.1, -0.05) is 54.2 Å². The number of aromatic nitrogens is 4. The van der Waals surface area contributed by atoms with Gasteiger partial charge in [-0.2, -0.15) is 0 Å². The molecule has 0 atom stereocenters. The maximum atomic E-state index is 5.76. The van der Waals surface area contributed by atoms with Gasteiger partial charge < -0.3 is 9.15 Å². The van der Waals surface area contributed by atoms with Crippen LogP contribution in [0.5, 0.6) is 5.75 Å². The molecule has 0 spiro atoms. The molecule has 5 rings (SSSR count). The molecule has 2 aromatic carbocycles. The van der Waals surface area contributed by atoms with E-state index in [0.29, 0.717) is 28.6 Å². The molecule has 0 aliphatic carbocycles. The summed E-state index contributed by atoms with van der Waals surface area (Å²) in [4.78, 5) is 4.81. The summed E-state index contributed by atoms with van der Waals surface area (Å²) in [6, 6.07) is 22.0. The predicted octanol–water partition coefficient (Wildman–Crippen LogP) is 6.77. The maximum absolute atomic E-state index is 5.76. The fourth-order valence-electron chi connectivity index (χ4n) is 3.32. The van der Waals surface area contributed by atoms with Crippen LogP contribution in [0.1, 0.15) is 11.3 Å². The zero-order valence-electron chi connectivity index (χ0n) is 17.6. The Morgan fingerprint density at radius 1 is 1.06 bits per heavy atom. The Morgan fingerprint density at radius 2 is 1.94 bits per heavy atom. The average Bonchev–Trinajstić information content (AvgIpc) is 3.59. The number of hydrogen-bond acceptors (Lipinski definition) is 7. The van der Waals surface area contributed by atoms with Gasteiger partial charge in [0.25, 0.3) is 0 Å². The smallest absolute Gasteiger partial charge is 0.200 e. The Hall–Kier alpha value is -2.88. The molecule has 33 heavy (non-hydrogen) atoms. The number of methoxy groups -OCH3 is 1. The highest BCUT2D eigenvalue weighted by atomic mass is 79.9. The van der Waals surface area contributed by atoms with Crippen molar-refractivity contribution in [1.82, 2.24) is 19.7 Å². The van der Waals surface area contributed by atoms with Crippen LogP contribution in [0, 0.1) is 0 Å². The third kappa shape index (κ3) is 5.05. The van der Waals surface area contributed by atoms with Crippen LogP contribution in [-0.2, 0) is 12.3 Å². The highest BCUT2D eigenvalue weighted by Gasteiger charge is 2.18. The fraction of sp³-hybridized carbons (Fsp3) is 0.125. The molecule has 0 amide bonds. The second-order valence-corrected chi connectivity index (χ2v) is 9.73. The van der Waals surface area contributed by atoms with Crippen LogP contribution in [0.15, 0.2) is 86.4 Å². The number of nitrogens with zero attached hydrogens (tertiary/aromatic N) is 4. The lowest BCUT2D eigenvalue weighted by atomic mass is 10.2. The fourth-order valence-corrected chi connectivity index (χ4v) is 5.38. The summed E-state index contributed by atoms with van der Waals surface area (Å²) >= 11 is 6.61. The molecule has 0 aliphatic heterocycles. The number of halogens is 1. The van der Waals surface area contributed by atoms with Gasteiger partial charge in [0.05, 0.1) is 19.3 Å². The second kappa shape index (κ2) is 9.94. The Labute approximate surface area is 207 Å². The van der Waals surface area contributed by atoms with Gasteiger partial charge in [0.1, 0.15) is 10.8 Å². The molecular weight excluding hydrogens is 520 g/mol. The molecular formula is C24H19BrN4O2S2. The third-order valence-corrected chi connectivity index (χ3v) is 7.28. The van der Waals surface area contributed by atoms with E-state index < -0.39 is 0 Å². The van der Waals surface area contributed by atoms with Gasteiger partial charge in [0, 0.05) is 16.7 Å². The van der Waals surface area contributed by atoms with Gasteiger partial charge >= 0.3 is 0 Å². The van der Waals surface area contributed by atoms with E-state index in [1.807, 2.05) is 54.6 Å². The van der Waals surface area contributed by atoms with E-state index >= 15 is 0 Å². The SMILES string of the molecule is COc1cccc(-c2nc(CSc3nnc(-c4ccc(Br)o4)n3Cc3ccccc3)cs2)c1. The van der Waals surface area contributed by atoms with Gasteiger partial charge in [-0.25, -0.2) is 4.98 Å². The first-order valence-corrected chi connectivity index (χ1v) is 12.8. The highest BCUT2D eigenvalue weighted by Crippen LogP contribution is 2.32. The number of hydrogen-bond donors (Lipinski definition) is 0. The molecule has 9 heteroatoms. The number of rotatable bonds is 8. The first kappa shape index (κ1) is 21.9. The molecule has 0 fully saturated rings. The Bertz CT molecular complexity index is 1360.